The number of nitrogens with two attached hydrogens (primary N) is 1. The molecular weight excluding hydrogens is 176 g/mol. The van der Waals surface area contributed by atoms with E-state index in [0.29, 0.717) is 0 Å². The molecule has 14 heavy (non-hydrogen) atoms. The Labute approximate surface area is 88.4 Å². The average molecular weight is 202 g/mol. The van der Waals surface area contributed by atoms with Gasteiger partial charge in [-0.1, -0.05) is 13.8 Å². The van der Waals surface area contributed by atoms with Crippen LogP contribution in [0.3, 0.4) is 0 Å². The van der Waals surface area contributed by atoms with Crippen molar-refractivity contribution in [2.75, 3.05) is 20.2 Å². The summed E-state index contributed by atoms with van der Waals surface area (Å²) in [5.41, 5.74) is 6.00. The molecule has 0 amide bonds. The van der Waals surface area contributed by atoms with Crippen molar-refractivity contribution in [3.8, 4) is 0 Å². The summed E-state index contributed by atoms with van der Waals surface area (Å²) in [5.74, 6) is 0. The van der Waals surface area contributed by atoms with E-state index in [2.05, 4.69) is 33.0 Å². The molecule has 0 saturated carbocycles. The van der Waals surface area contributed by atoms with Crippen LogP contribution in [-0.2, 0) is 4.74 Å². The van der Waals surface area contributed by atoms with Gasteiger partial charge in [0, 0.05) is 25.7 Å². The summed E-state index contributed by atoms with van der Waals surface area (Å²) < 4.78 is 5.16. The molecule has 0 rings (SSSR count). The summed E-state index contributed by atoms with van der Waals surface area (Å²) in [7, 11) is 1.73. The van der Waals surface area contributed by atoms with Crippen molar-refractivity contribution in [2.45, 2.75) is 46.3 Å². The van der Waals surface area contributed by atoms with Crippen LogP contribution in [-0.4, -0.2) is 31.8 Å². The highest BCUT2D eigenvalue weighted by Crippen LogP contribution is 2.26. The first-order valence-electron chi connectivity index (χ1n) is 5.23. The molecule has 0 aromatic heterocycles. The van der Waals surface area contributed by atoms with Gasteiger partial charge in [-0.2, -0.15) is 0 Å². The Morgan fingerprint density at radius 3 is 2.14 bits per heavy atom. The van der Waals surface area contributed by atoms with Crippen LogP contribution < -0.4 is 11.1 Å². The van der Waals surface area contributed by atoms with Gasteiger partial charge in [0.2, 0.25) is 0 Å². The van der Waals surface area contributed by atoms with E-state index < -0.39 is 0 Å². The van der Waals surface area contributed by atoms with E-state index in [-0.39, 0.29) is 17.1 Å². The highest BCUT2D eigenvalue weighted by Gasteiger charge is 2.32. The zero-order valence-electron chi connectivity index (χ0n) is 10.5. The van der Waals surface area contributed by atoms with E-state index in [1.54, 1.807) is 7.11 Å². The minimum absolute atomic E-state index is 0.0838. The van der Waals surface area contributed by atoms with Gasteiger partial charge in [0.25, 0.3) is 0 Å². The maximum Gasteiger partial charge on any atom is 0.0667 e. The molecule has 0 aliphatic heterocycles. The van der Waals surface area contributed by atoms with Crippen molar-refractivity contribution in [2.24, 2.45) is 11.1 Å². The number of hydrogen-bond donors (Lipinski definition) is 2. The Bertz CT molecular complexity index is 161. The third kappa shape index (κ3) is 4.40. The van der Waals surface area contributed by atoms with E-state index in [4.69, 9.17) is 10.5 Å². The maximum atomic E-state index is 6.09. The first-order chi connectivity index (χ1) is 6.20. The Kier molecular flexibility index (Phi) is 5.06. The lowest BCUT2D eigenvalue weighted by Crippen LogP contribution is -2.52. The first-order valence-corrected chi connectivity index (χ1v) is 5.23. The molecule has 0 aliphatic rings. The normalized spacial score (nSPS) is 15.6. The van der Waals surface area contributed by atoms with Crippen molar-refractivity contribution < 1.29 is 4.74 Å². The van der Waals surface area contributed by atoms with Gasteiger partial charge in [0.1, 0.15) is 0 Å². The van der Waals surface area contributed by atoms with E-state index in [1.807, 2.05) is 6.92 Å². The van der Waals surface area contributed by atoms with E-state index >= 15 is 0 Å². The zero-order chi connectivity index (χ0) is 11.4. The van der Waals surface area contributed by atoms with Crippen LogP contribution >= 0.6 is 0 Å². The second kappa shape index (κ2) is 5.10. The standard InChI is InChI=1S/C11H26N2O/c1-9(14-6)7-13-8-10(2,3)11(4,5)12/h9,13H,7-8,12H2,1-6H3. The quantitative estimate of drug-likeness (QED) is 0.684. The molecular formula is C11H26N2O. The third-order valence-electron chi connectivity index (χ3n) is 3.15. The molecule has 1 unspecified atom stereocenters. The molecule has 3 heteroatoms. The third-order valence-corrected chi connectivity index (χ3v) is 3.15. The second-order valence-corrected chi connectivity index (χ2v) is 5.28. The van der Waals surface area contributed by atoms with Crippen molar-refractivity contribution in [1.29, 1.82) is 0 Å². The van der Waals surface area contributed by atoms with Gasteiger partial charge in [-0.15, -0.1) is 0 Å². The molecule has 0 fully saturated rings. The number of rotatable bonds is 6. The molecule has 0 saturated heterocycles. The Morgan fingerprint density at radius 2 is 1.79 bits per heavy atom. The lowest BCUT2D eigenvalue weighted by atomic mass is 9.75. The molecule has 1 atom stereocenters. The summed E-state index contributed by atoms with van der Waals surface area (Å²) in [6.07, 6.45) is 0.256. The van der Waals surface area contributed by atoms with Gasteiger partial charge < -0.3 is 15.8 Å². The van der Waals surface area contributed by atoms with Gasteiger partial charge in [0.05, 0.1) is 6.10 Å². The fourth-order valence-corrected chi connectivity index (χ4v) is 0.899. The van der Waals surface area contributed by atoms with Crippen molar-refractivity contribution in [3.63, 3.8) is 0 Å². The molecule has 0 aliphatic carbocycles. The predicted octanol–water partition coefficient (Wildman–Crippen LogP) is 1.37. The topological polar surface area (TPSA) is 47.3 Å². The van der Waals surface area contributed by atoms with Crippen molar-refractivity contribution >= 4 is 0 Å². The van der Waals surface area contributed by atoms with Gasteiger partial charge in [-0.05, 0) is 26.2 Å². The number of methoxy groups -OCH3 is 1. The Hall–Kier alpha value is -0.120. The summed E-state index contributed by atoms with van der Waals surface area (Å²) in [6.45, 7) is 12.3. The molecule has 0 aromatic rings. The largest absolute Gasteiger partial charge is 0.380 e. The molecule has 0 bridgehead atoms. The van der Waals surface area contributed by atoms with Crippen LogP contribution in [0.15, 0.2) is 0 Å². The molecule has 0 aromatic carbocycles. The molecule has 0 spiro atoms. The average Bonchev–Trinajstić information content (AvgIpc) is 2.01. The van der Waals surface area contributed by atoms with Crippen LogP contribution in [0, 0.1) is 5.41 Å². The Balaban J connectivity index is 3.89. The summed E-state index contributed by atoms with van der Waals surface area (Å²) in [4.78, 5) is 0. The Morgan fingerprint density at radius 1 is 1.29 bits per heavy atom. The highest BCUT2D eigenvalue weighted by atomic mass is 16.5. The molecule has 0 heterocycles. The van der Waals surface area contributed by atoms with E-state index in [1.165, 1.54) is 0 Å². The summed E-state index contributed by atoms with van der Waals surface area (Å²) in [6, 6.07) is 0. The van der Waals surface area contributed by atoms with Gasteiger partial charge in [-0.3, -0.25) is 0 Å². The first kappa shape index (κ1) is 13.9. The SMILES string of the molecule is COC(C)CNCC(C)(C)C(C)(C)N. The number of hydrogen-bond acceptors (Lipinski definition) is 3. The van der Waals surface area contributed by atoms with Crippen LogP contribution in [0.2, 0.25) is 0 Å². The predicted molar refractivity (Wildman–Crippen MR) is 61.4 cm³/mol. The van der Waals surface area contributed by atoms with Crippen molar-refractivity contribution in [3.05, 3.63) is 0 Å². The second-order valence-electron chi connectivity index (χ2n) is 5.28. The van der Waals surface area contributed by atoms with Crippen LogP contribution in [0.1, 0.15) is 34.6 Å². The number of nitrogens with one attached hydrogen (secondary N) is 1. The summed E-state index contributed by atoms with van der Waals surface area (Å²) >= 11 is 0. The minimum Gasteiger partial charge on any atom is -0.380 e. The van der Waals surface area contributed by atoms with Gasteiger partial charge >= 0.3 is 0 Å². The zero-order valence-corrected chi connectivity index (χ0v) is 10.5. The van der Waals surface area contributed by atoms with E-state index in [0.717, 1.165) is 13.1 Å². The fourth-order valence-electron chi connectivity index (χ4n) is 0.899. The smallest absolute Gasteiger partial charge is 0.0667 e. The molecule has 0 radical (unpaired) electrons. The van der Waals surface area contributed by atoms with Gasteiger partial charge in [0.15, 0.2) is 0 Å². The minimum atomic E-state index is -0.170. The van der Waals surface area contributed by atoms with Crippen molar-refractivity contribution in [1.82, 2.24) is 5.32 Å². The van der Waals surface area contributed by atoms with Gasteiger partial charge in [-0.25, -0.2) is 0 Å². The lowest BCUT2D eigenvalue weighted by Gasteiger charge is -2.39. The highest BCUT2D eigenvalue weighted by molar-refractivity contribution is 4.91. The maximum absolute atomic E-state index is 6.09. The number of ether oxygens (including phenoxy) is 1. The monoisotopic (exact) mass is 202 g/mol. The van der Waals surface area contributed by atoms with E-state index in [9.17, 15) is 0 Å². The molecule has 3 N–H and O–H groups in total. The summed E-state index contributed by atoms with van der Waals surface area (Å²) in [5, 5.41) is 3.38. The molecule has 3 nitrogen and oxygen atoms in total. The molecule has 86 valence electrons. The van der Waals surface area contributed by atoms with Crippen LogP contribution in [0.5, 0.6) is 0 Å². The lowest BCUT2D eigenvalue weighted by molar-refractivity contribution is 0.109. The van der Waals surface area contributed by atoms with Crippen LogP contribution in [0.4, 0.5) is 0 Å². The van der Waals surface area contributed by atoms with Crippen LogP contribution in [0.25, 0.3) is 0 Å². The fraction of sp³-hybridized carbons (Fsp3) is 1.00.